The Hall–Kier alpha value is -1.59. The largest absolute Gasteiger partial charge is 0.334 e. The molecule has 0 aliphatic carbocycles. The number of benzene rings is 1. The third-order valence-corrected chi connectivity index (χ3v) is 4.20. The molecule has 1 fully saturated rings. The first kappa shape index (κ1) is 15.8. The lowest BCUT2D eigenvalue weighted by Gasteiger charge is -2.34. The number of para-hydroxylation sites is 1. The summed E-state index contributed by atoms with van der Waals surface area (Å²) in [4.78, 5) is 28.0. The minimum absolute atomic E-state index is 0.116. The molecule has 1 aromatic carbocycles. The van der Waals surface area contributed by atoms with E-state index in [0.29, 0.717) is 10.7 Å². The highest BCUT2D eigenvalue weighted by Crippen LogP contribution is 2.21. The number of rotatable bonds is 2. The van der Waals surface area contributed by atoms with Crippen molar-refractivity contribution >= 4 is 29.1 Å². The SMILES string of the molecule is CN1CCC(N(C)C(=O)C(=O)Nc2ccccc2Cl)CC1. The zero-order chi connectivity index (χ0) is 15.4. The van der Waals surface area contributed by atoms with E-state index in [-0.39, 0.29) is 6.04 Å². The van der Waals surface area contributed by atoms with Gasteiger partial charge in [0.1, 0.15) is 0 Å². The molecule has 1 saturated heterocycles. The van der Waals surface area contributed by atoms with Crippen LogP contribution >= 0.6 is 11.6 Å². The van der Waals surface area contributed by atoms with Crippen molar-refractivity contribution in [1.29, 1.82) is 0 Å². The van der Waals surface area contributed by atoms with Crippen LogP contribution in [0.4, 0.5) is 5.69 Å². The van der Waals surface area contributed by atoms with Gasteiger partial charge < -0.3 is 15.1 Å². The van der Waals surface area contributed by atoms with Crippen LogP contribution in [0.5, 0.6) is 0 Å². The van der Waals surface area contributed by atoms with Crippen LogP contribution in [0, 0.1) is 0 Å². The number of likely N-dealkylation sites (N-methyl/N-ethyl adjacent to an activating group) is 1. The predicted octanol–water partition coefficient (Wildman–Crippen LogP) is 1.83. The van der Waals surface area contributed by atoms with Crippen LogP contribution < -0.4 is 5.32 Å². The fourth-order valence-corrected chi connectivity index (χ4v) is 2.63. The minimum Gasteiger partial charge on any atom is -0.334 e. The smallest absolute Gasteiger partial charge is 0.313 e. The van der Waals surface area contributed by atoms with Crippen molar-refractivity contribution in [3.63, 3.8) is 0 Å². The average molecular weight is 310 g/mol. The molecule has 0 saturated carbocycles. The molecular formula is C15H20ClN3O2. The maximum atomic E-state index is 12.2. The molecule has 0 aromatic heterocycles. The Morgan fingerprint density at radius 2 is 1.90 bits per heavy atom. The van der Waals surface area contributed by atoms with Crippen molar-refractivity contribution in [2.45, 2.75) is 18.9 Å². The standard InChI is InChI=1S/C15H20ClN3O2/c1-18-9-7-11(8-10-18)19(2)15(21)14(20)17-13-6-4-3-5-12(13)16/h3-6,11H,7-10H2,1-2H3,(H,17,20). The van der Waals surface area contributed by atoms with Crippen molar-refractivity contribution in [3.8, 4) is 0 Å². The van der Waals surface area contributed by atoms with Crippen LogP contribution in [0.1, 0.15) is 12.8 Å². The number of piperidine rings is 1. The molecule has 1 aromatic rings. The normalized spacial score (nSPS) is 16.5. The Morgan fingerprint density at radius 1 is 1.29 bits per heavy atom. The van der Waals surface area contributed by atoms with E-state index in [1.54, 1.807) is 36.2 Å². The number of nitrogens with one attached hydrogen (secondary N) is 1. The quantitative estimate of drug-likeness (QED) is 0.848. The van der Waals surface area contributed by atoms with Crippen LogP contribution in [0.3, 0.4) is 0 Å². The topological polar surface area (TPSA) is 52.7 Å². The lowest BCUT2D eigenvalue weighted by molar-refractivity contribution is -0.144. The molecule has 5 nitrogen and oxygen atoms in total. The van der Waals surface area contributed by atoms with Crippen molar-refractivity contribution in [3.05, 3.63) is 29.3 Å². The van der Waals surface area contributed by atoms with Gasteiger partial charge in [0.05, 0.1) is 10.7 Å². The van der Waals surface area contributed by atoms with Crippen molar-refractivity contribution in [1.82, 2.24) is 9.80 Å². The third-order valence-electron chi connectivity index (χ3n) is 3.87. The summed E-state index contributed by atoms with van der Waals surface area (Å²) in [6.45, 7) is 1.88. The van der Waals surface area contributed by atoms with Crippen LogP contribution in [0.2, 0.25) is 5.02 Å². The van der Waals surface area contributed by atoms with E-state index in [1.807, 2.05) is 0 Å². The van der Waals surface area contributed by atoms with Gasteiger partial charge >= 0.3 is 11.8 Å². The summed E-state index contributed by atoms with van der Waals surface area (Å²) in [5, 5.41) is 2.98. The highest BCUT2D eigenvalue weighted by atomic mass is 35.5. The molecular weight excluding hydrogens is 290 g/mol. The second kappa shape index (κ2) is 6.91. The molecule has 1 aliphatic rings. The van der Waals surface area contributed by atoms with Gasteiger partial charge in [0.2, 0.25) is 0 Å². The lowest BCUT2D eigenvalue weighted by Crippen LogP contribution is -2.47. The van der Waals surface area contributed by atoms with Gasteiger partial charge in [0.25, 0.3) is 0 Å². The summed E-state index contributed by atoms with van der Waals surface area (Å²) in [6.07, 6.45) is 1.77. The third kappa shape index (κ3) is 3.95. The fraction of sp³-hybridized carbons (Fsp3) is 0.467. The van der Waals surface area contributed by atoms with E-state index >= 15 is 0 Å². The van der Waals surface area contributed by atoms with Crippen molar-refractivity contribution in [2.24, 2.45) is 0 Å². The number of amides is 2. The number of carbonyl (C=O) groups is 2. The molecule has 21 heavy (non-hydrogen) atoms. The first-order chi connectivity index (χ1) is 9.99. The number of hydrogen-bond donors (Lipinski definition) is 1. The molecule has 0 unspecified atom stereocenters. The maximum absolute atomic E-state index is 12.2. The van der Waals surface area contributed by atoms with Gasteiger partial charge in [0.15, 0.2) is 0 Å². The highest BCUT2D eigenvalue weighted by Gasteiger charge is 2.28. The fourth-order valence-electron chi connectivity index (χ4n) is 2.45. The Kier molecular flexibility index (Phi) is 5.20. The second-order valence-electron chi connectivity index (χ2n) is 5.38. The summed E-state index contributed by atoms with van der Waals surface area (Å²) in [5.74, 6) is -1.17. The van der Waals surface area contributed by atoms with Crippen LogP contribution in [0.15, 0.2) is 24.3 Å². The first-order valence-corrected chi connectivity index (χ1v) is 7.38. The summed E-state index contributed by atoms with van der Waals surface area (Å²) >= 11 is 5.97. The van der Waals surface area contributed by atoms with Crippen molar-refractivity contribution < 1.29 is 9.59 Å². The van der Waals surface area contributed by atoms with Crippen LogP contribution in [-0.4, -0.2) is 54.8 Å². The second-order valence-corrected chi connectivity index (χ2v) is 5.79. The van der Waals surface area contributed by atoms with E-state index in [4.69, 9.17) is 11.6 Å². The molecule has 2 amide bonds. The van der Waals surface area contributed by atoms with E-state index in [2.05, 4.69) is 17.3 Å². The summed E-state index contributed by atoms with van der Waals surface area (Å²) in [5.41, 5.74) is 0.453. The Bertz CT molecular complexity index is 527. The zero-order valence-corrected chi connectivity index (χ0v) is 13.1. The highest BCUT2D eigenvalue weighted by molar-refractivity contribution is 6.41. The number of carbonyl (C=O) groups excluding carboxylic acids is 2. The maximum Gasteiger partial charge on any atom is 0.313 e. The lowest BCUT2D eigenvalue weighted by atomic mass is 10.0. The summed E-state index contributed by atoms with van der Waals surface area (Å²) < 4.78 is 0. The van der Waals surface area contributed by atoms with E-state index in [0.717, 1.165) is 25.9 Å². The van der Waals surface area contributed by atoms with Gasteiger partial charge in [-0.2, -0.15) is 0 Å². The number of likely N-dealkylation sites (tertiary alicyclic amines) is 1. The number of halogens is 1. The van der Waals surface area contributed by atoms with E-state index in [9.17, 15) is 9.59 Å². The number of hydrogen-bond acceptors (Lipinski definition) is 3. The van der Waals surface area contributed by atoms with Gasteiger partial charge in [-0.05, 0) is 45.1 Å². The van der Waals surface area contributed by atoms with Gasteiger partial charge in [-0.15, -0.1) is 0 Å². The van der Waals surface area contributed by atoms with E-state index in [1.165, 1.54) is 0 Å². The van der Waals surface area contributed by atoms with E-state index < -0.39 is 11.8 Å². The summed E-state index contributed by atoms with van der Waals surface area (Å²) in [6, 6.07) is 6.98. The van der Waals surface area contributed by atoms with Gasteiger partial charge in [-0.1, -0.05) is 23.7 Å². The molecule has 114 valence electrons. The average Bonchev–Trinajstić information content (AvgIpc) is 2.49. The van der Waals surface area contributed by atoms with Crippen LogP contribution in [0.25, 0.3) is 0 Å². The Labute approximate surface area is 129 Å². The van der Waals surface area contributed by atoms with Crippen LogP contribution in [-0.2, 0) is 9.59 Å². The van der Waals surface area contributed by atoms with Crippen molar-refractivity contribution in [2.75, 3.05) is 32.5 Å². The molecule has 1 aliphatic heterocycles. The first-order valence-electron chi connectivity index (χ1n) is 7.00. The Morgan fingerprint density at radius 3 is 2.52 bits per heavy atom. The van der Waals surface area contributed by atoms with Gasteiger partial charge in [0, 0.05) is 13.1 Å². The van der Waals surface area contributed by atoms with Gasteiger partial charge in [-0.3, -0.25) is 9.59 Å². The molecule has 1 N–H and O–H groups in total. The van der Waals surface area contributed by atoms with Gasteiger partial charge in [-0.25, -0.2) is 0 Å². The molecule has 0 radical (unpaired) electrons. The zero-order valence-electron chi connectivity index (χ0n) is 12.3. The summed E-state index contributed by atoms with van der Waals surface area (Å²) in [7, 11) is 3.74. The minimum atomic E-state index is -0.649. The monoisotopic (exact) mass is 309 g/mol. The number of anilines is 1. The predicted molar refractivity (Wildman–Crippen MR) is 83.4 cm³/mol. The Balaban J connectivity index is 1.96. The molecule has 0 atom stereocenters. The molecule has 0 spiro atoms. The molecule has 6 heteroatoms. The molecule has 0 bridgehead atoms. The molecule has 1 heterocycles. The molecule has 2 rings (SSSR count). The number of nitrogens with zero attached hydrogens (tertiary/aromatic N) is 2.